The van der Waals surface area contributed by atoms with E-state index in [1.807, 2.05) is 13.8 Å². The van der Waals surface area contributed by atoms with Crippen LogP contribution in [0.5, 0.6) is 0 Å². The minimum atomic E-state index is -3.46. The van der Waals surface area contributed by atoms with Crippen LogP contribution in [0, 0.1) is 5.92 Å². The summed E-state index contributed by atoms with van der Waals surface area (Å²) in [4.78, 5) is 16.4. The van der Waals surface area contributed by atoms with Crippen LogP contribution in [-0.2, 0) is 14.8 Å². The summed E-state index contributed by atoms with van der Waals surface area (Å²) in [6.45, 7) is 4.79. The molecule has 2 heterocycles. The van der Waals surface area contributed by atoms with Crippen molar-refractivity contribution in [3.05, 3.63) is 18.2 Å². The number of anilines is 1. The highest BCUT2D eigenvalue weighted by Gasteiger charge is 2.26. The molecule has 130 valence electrons. The third-order valence-electron chi connectivity index (χ3n) is 4.07. The zero-order valence-electron chi connectivity index (χ0n) is 13.8. The van der Waals surface area contributed by atoms with Gasteiger partial charge in [0.15, 0.2) is 5.13 Å². The van der Waals surface area contributed by atoms with Gasteiger partial charge in [-0.3, -0.25) is 4.79 Å². The topological polar surface area (TPSA) is 79.4 Å². The first-order valence-corrected chi connectivity index (χ1v) is 10.4. The number of sulfonamides is 1. The van der Waals surface area contributed by atoms with Gasteiger partial charge in [-0.15, -0.1) is 0 Å². The Balaban J connectivity index is 1.89. The molecule has 6 nitrogen and oxygen atoms in total. The molecule has 1 aliphatic heterocycles. The molecule has 0 unspecified atom stereocenters. The molecular weight excluding hydrogens is 346 g/mol. The van der Waals surface area contributed by atoms with Crippen LogP contribution in [0.3, 0.4) is 0 Å². The van der Waals surface area contributed by atoms with Crippen molar-refractivity contribution in [1.29, 1.82) is 0 Å². The zero-order chi connectivity index (χ0) is 17.3. The van der Waals surface area contributed by atoms with Crippen LogP contribution in [0.15, 0.2) is 23.1 Å². The van der Waals surface area contributed by atoms with Gasteiger partial charge < -0.3 is 5.32 Å². The molecule has 0 bridgehead atoms. The SMILES string of the molecule is CC(C)C(=O)Nc1nc2ccc(S(=O)(=O)N3CCCCC3)cc2s1. The maximum absolute atomic E-state index is 12.7. The number of nitrogens with one attached hydrogen (secondary N) is 1. The number of hydrogen-bond acceptors (Lipinski definition) is 5. The van der Waals surface area contributed by atoms with Crippen LogP contribution in [0.2, 0.25) is 0 Å². The molecule has 2 aromatic rings. The number of benzene rings is 1. The second-order valence-corrected chi connectivity index (χ2v) is 9.23. The molecule has 0 aliphatic carbocycles. The van der Waals surface area contributed by atoms with Crippen molar-refractivity contribution in [2.75, 3.05) is 18.4 Å². The molecule has 1 aromatic carbocycles. The molecule has 8 heteroatoms. The molecule has 1 N–H and O–H groups in total. The smallest absolute Gasteiger partial charge is 0.243 e. The summed E-state index contributed by atoms with van der Waals surface area (Å²) in [7, 11) is -3.46. The van der Waals surface area contributed by atoms with Crippen LogP contribution in [0.1, 0.15) is 33.1 Å². The zero-order valence-corrected chi connectivity index (χ0v) is 15.4. The highest BCUT2D eigenvalue weighted by atomic mass is 32.2. The number of hydrogen-bond donors (Lipinski definition) is 1. The Morgan fingerprint density at radius 2 is 1.96 bits per heavy atom. The molecule has 1 aromatic heterocycles. The quantitative estimate of drug-likeness (QED) is 0.901. The van der Waals surface area contributed by atoms with Crippen molar-refractivity contribution in [1.82, 2.24) is 9.29 Å². The number of carbonyl (C=O) groups excluding carboxylic acids is 1. The maximum Gasteiger partial charge on any atom is 0.243 e. The van der Waals surface area contributed by atoms with Gasteiger partial charge in [-0.1, -0.05) is 31.6 Å². The lowest BCUT2D eigenvalue weighted by atomic mass is 10.2. The molecular formula is C16H21N3O3S2. The second-order valence-electron chi connectivity index (χ2n) is 6.26. The molecule has 24 heavy (non-hydrogen) atoms. The largest absolute Gasteiger partial charge is 0.302 e. The number of fused-ring (bicyclic) bond motifs is 1. The van der Waals surface area contributed by atoms with Crippen LogP contribution in [0.4, 0.5) is 5.13 Å². The average molecular weight is 367 g/mol. The van der Waals surface area contributed by atoms with Crippen molar-refractivity contribution >= 4 is 42.6 Å². The monoisotopic (exact) mass is 367 g/mol. The number of piperidine rings is 1. The summed E-state index contributed by atoms with van der Waals surface area (Å²) in [6.07, 6.45) is 2.90. The van der Waals surface area contributed by atoms with Crippen molar-refractivity contribution < 1.29 is 13.2 Å². The number of amides is 1. The standard InChI is InChI=1S/C16H21N3O3S2/c1-11(2)15(20)18-16-17-13-7-6-12(10-14(13)23-16)24(21,22)19-8-4-3-5-9-19/h6-7,10-11H,3-5,8-9H2,1-2H3,(H,17,18,20). The van der Waals surface area contributed by atoms with Crippen molar-refractivity contribution in [3.8, 4) is 0 Å². The minimum Gasteiger partial charge on any atom is -0.302 e. The molecule has 0 saturated carbocycles. The van der Waals surface area contributed by atoms with Gasteiger partial charge in [0.2, 0.25) is 15.9 Å². The minimum absolute atomic E-state index is 0.102. The first-order valence-electron chi connectivity index (χ1n) is 8.09. The van der Waals surface area contributed by atoms with E-state index in [0.29, 0.717) is 28.6 Å². The Kier molecular flexibility index (Phi) is 4.89. The number of rotatable bonds is 4. The van der Waals surface area contributed by atoms with Crippen molar-refractivity contribution in [2.45, 2.75) is 38.0 Å². The lowest BCUT2D eigenvalue weighted by molar-refractivity contribution is -0.118. The number of aromatic nitrogens is 1. The summed E-state index contributed by atoms with van der Waals surface area (Å²) in [5.74, 6) is -0.234. The normalized spacial score (nSPS) is 16.6. The second kappa shape index (κ2) is 6.78. The summed E-state index contributed by atoms with van der Waals surface area (Å²) in [6, 6.07) is 4.95. The number of nitrogens with zero attached hydrogens (tertiary/aromatic N) is 2. The van der Waals surface area contributed by atoms with E-state index in [9.17, 15) is 13.2 Å². The predicted octanol–water partition coefficient (Wildman–Crippen LogP) is 3.07. The van der Waals surface area contributed by atoms with E-state index in [0.717, 1.165) is 24.0 Å². The van der Waals surface area contributed by atoms with Gasteiger partial charge >= 0.3 is 0 Å². The fourth-order valence-electron chi connectivity index (χ4n) is 2.62. The number of carbonyl (C=O) groups is 1. The third-order valence-corrected chi connectivity index (χ3v) is 6.90. The van der Waals surface area contributed by atoms with Gasteiger partial charge in [0.25, 0.3) is 0 Å². The Morgan fingerprint density at radius 3 is 2.62 bits per heavy atom. The molecule has 0 atom stereocenters. The lowest BCUT2D eigenvalue weighted by Crippen LogP contribution is -2.35. The van der Waals surface area contributed by atoms with Crippen LogP contribution < -0.4 is 5.32 Å². The number of thiazole rings is 1. The fraction of sp³-hybridized carbons (Fsp3) is 0.500. The van der Waals surface area contributed by atoms with E-state index >= 15 is 0 Å². The van der Waals surface area contributed by atoms with Gasteiger partial charge in [0, 0.05) is 19.0 Å². The lowest BCUT2D eigenvalue weighted by Gasteiger charge is -2.25. The maximum atomic E-state index is 12.7. The molecule has 0 spiro atoms. The highest BCUT2D eigenvalue weighted by molar-refractivity contribution is 7.89. The summed E-state index contributed by atoms with van der Waals surface area (Å²) in [5.41, 5.74) is 0.691. The van der Waals surface area contributed by atoms with Crippen LogP contribution in [0.25, 0.3) is 10.2 Å². The Morgan fingerprint density at radius 1 is 1.25 bits per heavy atom. The average Bonchev–Trinajstić information content (AvgIpc) is 2.96. The Bertz CT molecular complexity index is 853. The first kappa shape index (κ1) is 17.3. The van der Waals surface area contributed by atoms with E-state index in [1.165, 1.54) is 11.3 Å². The van der Waals surface area contributed by atoms with Gasteiger partial charge in [0.05, 0.1) is 15.1 Å². The van der Waals surface area contributed by atoms with E-state index in [2.05, 4.69) is 10.3 Å². The summed E-state index contributed by atoms with van der Waals surface area (Å²) in [5, 5.41) is 3.26. The van der Waals surface area contributed by atoms with Crippen molar-refractivity contribution in [2.24, 2.45) is 5.92 Å². The van der Waals surface area contributed by atoms with E-state index < -0.39 is 10.0 Å². The van der Waals surface area contributed by atoms with Gasteiger partial charge in [-0.25, -0.2) is 13.4 Å². The van der Waals surface area contributed by atoms with Crippen LogP contribution in [-0.4, -0.2) is 36.7 Å². The molecule has 1 saturated heterocycles. The van der Waals surface area contributed by atoms with E-state index in [4.69, 9.17) is 0 Å². The molecule has 3 rings (SSSR count). The summed E-state index contributed by atoms with van der Waals surface area (Å²) >= 11 is 1.29. The van der Waals surface area contributed by atoms with Gasteiger partial charge in [-0.05, 0) is 31.0 Å². The first-order chi connectivity index (χ1) is 11.4. The highest BCUT2D eigenvalue weighted by Crippen LogP contribution is 2.30. The molecule has 0 radical (unpaired) electrons. The van der Waals surface area contributed by atoms with Gasteiger partial charge in [-0.2, -0.15) is 4.31 Å². The Labute approximate surface area is 145 Å². The molecule has 1 aliphatic rings. The van der Waals surface area contributed by atoms with Gasteiger partial charge in [0.1, 0.15) is 0 Å². The van der Waals surface area contributed by atoms with E-state index in [1.54, 1.807) is 22.5 Å². The third kappa shape index (κ3) is 3.45. The predicted molar refractivity (Wildman–Crippen MR) is 95.7 cm³/mol. The Hall–Kier alpha value is -1.51. The molecule has 1 fully saturated rings. The molecule has 1 amide bonds. The summed E-state index contributed by atoms with van der Waals surface area (Å²) < 4.78 is 27.8. The van der Waals surface area contributed by atoms with Crippen LogP contribution >= 0.6 is 11.3 Å². The van der Waals surface area contributed by atoms with Crippen molar-refractivity contribution in [3.63, 3.8) is 0 Å². The fourth-order valence-corrected chi connectivity index (χ4v) is 5.15. The van der Waals surface area contributed by atoms with E-state index in [-0.39, 0.29) is 11.8 Å².